The zero-order valence-electron chi connectivity index (χ0n) is 9.34. The van der Waals surface area contributed by atoms with Crippen molar-refractivity contribution in [2.24, 2.45) is 5.41 Å². The standard InChI is InChI=1S/C11H16BrN3/c1-7-8(12)6-13-10(14-7)15-9-4-5-11(9,2)3/h6,9H,4-5H2,1-3H3,(H,13,14,15). The van der Waals surface area contributed by atoms with E-state index >= 15 is 0 Å². The van der Waals surface area contributed by atoms with Gasteiger partial charge in [-0.15, -0.1) is 0 Å². The lowest BCUT2D eigenvalue weighted by molar-refractivity contribution is 0.159. The van der Waals surface area contributed by atoms with Gasteiger partial charge in [0.15, 0.2) is 0 Å². The summed E-state index contributed by atoms with van der Waals surface area (Å²) in [5, 5.41) is 3.39. The fourth-order valence-electron chi connectivity index (χ4n) is 1.81. The zero-order valence-corrected chi connectivity index (χ0v) is 10.9. The summed E-state index contributed by atoms with van der Waals surface area (Å²) >= 11 is 3.40. The minimum atomic E-state index is 0.379. The molecule has 15 heavy (non-hydrogen) atoms. The Balaban J connectivity index is 2.08. The molecule has 4 heteroatoms. The highest BCUT2D eigenvalue weighted by Crippen LogP contribution is 2.41. The molecule has 1 aromatic heterocycles. The average molecular weight is 270 g/mol. The van der Waals surface area contributed by atoms with E-state index in [1.165, 1.54) is 12.8 Å². The molecule has 1 aromatic rings. The molecule has 3 nitrogen and oxygen atoms in total. The number of aryl methyl sites for hydroxylation is 1. The van der Waals surface area contributed by atoms with Crippen molar-refractivity contribution < 1.29 is 0 Å². The van der Waals surface area contributed by atoms with Crippen molar-refractivity contribution >= 4 is 21.9 Å². The zero-order chi connectivity index (χ0) is 11.1. The van der Waals surface area contributed by atoms with Gasteiger partial charge in [-0.1, -0.05) is 13.8 Å². The van der Waals surface area contributed by atoms with Crippen molar-refractivity contribution in [3.05, 3.63) is 16.4 Å². The van der Waals surface area contributed by atoms with Crippen molar-refractivity contribution in [3.8, 4) is 0 Å². The van der Waals surface area contributed by atoms with Gasteiger partial charge in [0.1, 0.15) is 0 Å². The molecule has 2 rings (SSSR count). The summed E-state index contributed by atoms with van der Waals surface area (Å²) < 4.78 is 0.959. The second-order valence-electron chi connectivity index (χ2n) is 4.85. The van der Waals surface area contributed by atoms with Gasteiger partial charge in [0.05, 0.1) is 10.2 Å². The summed E-state index contributed by atoms with van der Waals surface area (Å²) in [4.78, 5) is 8.65. The van der Waals surface area contributed by atoms with E-state index in [0.29, 0.717) is 11.5 Å². The third-order valence-corrected chi connectivity index (χ3v) is 4.02. The number of rotatable bonds is 2. The Morgan fingerprint density at radius 2 is 2.27 bits per heavy atom. The van der Waals surface area contributed by atoms with Gasteiger partial charge < -0.3 is 5.32 Å². The van der Waals surface area contributed by atoms with E-state index in [1.54, 1.807) is 6.20 Å². The van der Waals surface area contributed by atoms with E-state index in [4.69, 9.17) is 0 Å². The van der Waals surface area contributed by atoms with E-state index in [-0.39, 0.29) is 0 Å². The van der Waals surface area contributed by atoms with Gasteiger partial charge in [-0.25, -0.2) is 9.97 Å². The fourth-order valence-corrected chi connectivity index (χ4v) is 2.00. The molecule has 0 radical (unpaired) electrons. The number of hydrogen-bond acceptors (Lipinski definition) is 3. The molecular weight excluding hydrogens is 254 g/mol. The molecule has 1 aliphatic rings. The molecule has 1 N–H and O–H groups in total. The number of aromatic nitrogens is 2. The first-order valence-corrected chi connectivity index (χ1v) is 6.04. The van der Waals surface area contributed by atoms with Crippen molar-refractivity contribution in [1.82, 2.24) is 9.97 Å². The Morgan fingerprint density at radius 3 is 2.73 bits per heavy atom. The second-order valence-corrected chi connectivity index (χ2v) is 5.71. The second kappa shape index (κ2) is 3.74. The van der Waals surface area contributed by atoms with E-state index in [0.717, 1.165) is 16.1 Å². The SMILES string of the molecule is Cc1nc(NC2CCC2(C)C)ncc1Br. The van der Waals surface area contributed by atoms with Crippen LogP contribution in [0, 0.1) is 12.3 Å². The highest BCUT2D eigenvalue weighted by Gasteiger charge is 2.38. The van der Waals surface area contributed by atoms with Crippen LogP contribution in [-0.2, 0) is 0 Å². The summed E-state index contributed by atoms with van der Waals surface area (Å²) in [6, 6.07) is 0.512. The number of halogens is 1. The van der Waals surface area contributed by atoms with E-state index in [2.05, 4.69) is 45.1 Å². The van der Waals surface area contributed by atoms with E-state index in [9.17, 15) is 0 Å². The topological polar surface area (TPSA) is 37.8 Å². The maximum Gasteiger partial charge on any atom is 0.223 e. The molecule has 1 heterocycles. The molecule has 0 bridgehead atoms. The Hall–Kier alpha value is -0.640. The summed E-state index contributed by atoms with van der Waals surface area (Å²) in [5.41, 5.74) is 1.36. The van der Waals surface area contributed by atoms with Crippen LogP contribution in [0.1, 0.15) is 32.4 Å². The smallest absolute Gasteiger partial charge is 0.223 e. The van der Waals surface area contributed by atoms with E-state index < -0.39 is 0 Å². The van der Waals surface area contributed by atoms with Gasteiger partial charge in [0.25, 0.3) is 0 Å². The number of hydrogen-bond donors (Lipinski definition) is 1. The molecule has 1 atom stereocenters. The van der Waals surface area contributed by atoms with Gasteiger partial charge in [0.2, 0.25) is 5.95 Å². The van der Waals surface area contributed by atoms with Gasteiger partial charge in [-0.05, 0) is 41.1 Å². The predicted molar refractivity (Wildman–Crippen MR) is 64.9 cm³/mol. The highest BCUT2D eigenvalue weighted by atomic mass is 79.9. The highest BCUT2D eigenvalue weighted by molar-refractivity contribution is 9.10. The quantitative estimate of drug-likeness (QED) is 0.897. The van der Waals surface area contributed by atoms with Crippen LogP contribution in [-0.4, -0.2) is 16.0 Å². The van der Waals surface area contributed by atoms with E-state index in [1.807, 2.05) is 6.92 Å². The predicted octanol–water partition coefficient (Wildman–Crippen LogP) is 3.15. The first-order chi connectivity index (χ1) is 6.99. The van der Waals surface area contributed by atoms with Gasteiger partial charge in [-0.3, -0.25) is 0 Å². The van der Waals surface area contributed by atoms with Crippen molar-refractivity contribution in [3.63, 3.8) is 0 Å². The van der Waals surface area contributed by atoms with Crippen molar-refractivity contribution in [1.29, 1.82) is 0 Å². The first-order valence-electron chi connectivity index (χ1n) is 5.25. The lowest BCUT2D eigenvalue weighted by atomic mass is 9.67. The summed E-state index contributed by atoms with van der Waals surface area (Å²) in [6.45, 7) is 6.53. The molecule has 0 amide bonds. The molecule has 1 fully saturated rings. The summed E-state index contributed by atoms with van der Waals surface area (Å²) in [7, 11) is 0. The van der Waals surface area contributed by atoms with Crippen molar-refractivity contribution in [2.75, 3.05) is 5.32 Å². The van der Waals surface area contributed by atoms with Crippen LogP contribution < -0.4 is 5.32 Å². The Morgan fingerprint density at radius 1 is 1.53 bits per heavy atom. The maximum absolute atomic E-state index is 4.39. The Labute approximate surface area is 98.8 Å². The third kappa shape index (κ3) is 2.14. The molecule has 0 saturated heterocycles. The molecule has 0 spiro atoms. The monoisotopic (exact) mass is 269 g/mol. The number of anilines is 1. The van der Waals surface area contributed by atoms with Crippen molar-refractivity contribution in [2.45, 2.75) is 39.7 Å². The van der Waals surface area contributed by atoms with Gasteiger partial charge in [0, 0.05) is 12.2 Å². The van der Waals surface area contributed by atoms with Crippen LogP contribution >= 0.6 is 15.9 Å². The van der Waals surface area contributed by atoms with Crippen LogP contribution in [0.2, 0.25) is 0 Å². The molecule has 82 valence electrons. The minimum absolute atomic E-state index is 0.379. The Bertz CT molecular complexity index is 376. The number of nitrogens with zero attached hydrogens (tertiary/aromatic N) is 2. The molecular formula is C11H16BrN3. The van der Waals surface area contributed by atoms with Crippen LogP contribution in [0.5, 0.6) is 0 Å². The fraction of sp³-hybridized carbons (Fsp3) is 0.636. The molecule has 0 aliphatic heterocycles. The normalized spacial score (nSPS) is 23.3. The lowest BCUT2D eigenvalue weighted by Gasteiger charge is -2.44. The minimum Gasteiger partial charge on any atom is -0.351 e. The molecule has 1 unspecified atom stereocenters. The summed E-state index contributed by atoms with van der Waals surface area (Å²) in [5.74, 6) is 0.744. The number of nitrogens with one attached hydrogen (secondary N) is 1. The first kappa shape index (κ1) is 10.9. The molecule has 1 aliphatic carbocycles. The summed E-state index contributed by atoms with van der Waals surface area (Å²) in [6.07, 6.45) is 4.29. The average Bonchev–Trinajstić information content (AvgIpc) is 2.18. The maximum atomic E-state index is 4.39. The third-order valence-electron chi connectivity index (χ3n) is 3.24. The van der Waals surface area contributed by atoms with Crippen LogP contribution in [0.25, 0.3) is 0 Å². The van der Waals surface area contributed by atoms with Crippen LogP contribution in [0.3, 0.4) is 0 Å². The molecule has 0 aromatic carbocycles. The lowest BCUT2D eigenvalue weighted by Crippen LogP contribution is -2.45. The van der Waals surface area contributed by atoms with Crippen LogP contribution in [0.15, 0.2) is 10.7 Å². The molecule has 1 saturated carbocycles. The largest absolute Gasteiger partial charge is 0.351 e. The Kier molecular flexibility index (Phi) is 2.71. The van der Waals surface area contributed by atoms with Gasteiger partial charge in [-0.2, -0.15) is 0 Å². The van der Waals surface area contributed by atoms with Gasteiger partial charge >= 0.3 is 0 Å². The van der Waals surface area contributed by atoms with Crippen LogP contribution in [0.4, 0.5) is 5.95 Å².